The van der Waals surface area contributed by atoms with Crippen LogP contribution in [0.3, 0.4) is 0 Å². The first-order valence-corrected chi connectivity index (χ1v) is 6.87. The number of hydrogen-bond acceptors (Lipinski definition) is 4. The van der Waals surface area contributed by atoms with Gasteiger partial charge in [-0.3, -0.25) is 0 Å². The van der Waals surface area contributed by atoms with E-state index < -0.39 is 10.0 Å². The highest BCUT2D eigenvalue weighted by Crippen LogP contribution is 2.17. The van der Waals surface area contributed by atoms with Gasteiger partial charge in [0.15, 0.2) is 5.69 Å². The zero-order valence-electron chi connectivity index (χ0n) is 9.92. The highest BCUT2D eigenvalue weighted by molar-refractivity contribution is 7.89. The van der Waals surface area contributed by atoms with Gasteiger partial charge < -0.3 is 0 Å². The molecule has 0 unspecified atom stereocenters. The number of sulfonamides is 1. The highest BCUT2D eigenvalue weighted by Gasteiger charge is 2.25. The fraction of sp³-hybridized carbons (Fsp3) is 0.455. The third-order valence-corrected chi connectivity index (χ3v) is 4.33. The molecule has 0 saturated heterocycles. The van der Waals surface area contributed by atoms with Gasteiger partial charge >= 0.3 is 0 Å². The summed E-state index contributed by atoms with van der Waals surface area (Å²) in [6.45, 7) is 4.51. The summed E-state index contributed by atoms with van der Waals surface area (Å²) in [5.74, 6) is 0. The molecule has 0 fully saturated rings. The van der Waals surface area contributed by atoms with Crippen LogP contribution in [0.4, 0.5) is 0 Å². The van der Waals surface area contributed by atoms with E-state index in [0.717, 1.165) is 6.42 Å². The van der Waals surface area contributed by atoms with Gasteiger partial charge in [-0.2, -0.15) is 9.57 Å². The van der Waals surface area contributed by atoms with Crippen molar-refractivity contribution in [3.63, 3.8) is 0 Å². The van der Waals surface area contributed by atoms with Gasteiger partial charge in [-0.05, 0) is 18.6 Å². The van der Waals surface area contributed by atoms with E-state index in [1.807, 2.05) is 6.92 Å². The minimum atomic E-state index is -3.61. The maximum atomic E-state index is 12.3. The molecule has 0 aliphatic carbocycles. The van der Waals surface area contributed by atoms with Crippen molar-refractivity contribution in [2.75, 3.05) is 13.1 Å². The summed E-state index contributed by atoms with van der Waals surface area (Å²) < 4.78 is 25.9. The maximum absolute atomic E-state index is 12.3. The van der Waals surface area contributed by atoms with Gasteiger partial charge in [-0.15, -0.1) is 0 Å². The molecule has 0 radical (unpaired) electrons. The SMILES string of the molecule is CCCN(CC)S(=O)(=O)c1cccnc1C#N. The Balaban J connectivity index is 3.26. The summed E-state index contributed by atoms with van der Waals surface area (Å²) in [5, 5.41) is 8.87. The summed E-state index contributed by atoms with van der Waals surface area (Å²) in [5.41, 5.74) is -0.0537. The smallest absolute Gasteiger partial charge is 0.244 e. The number of nitrogens with zero attached hydrogens (tertiary/aromatic N) is 3. The second-order valence-electron chi connectivity index (χ2n) is 3.46. The molecule has 6 heteroatoms. The molecule has 0 N–H and O–H groups in total. The lowest BCUT2D eigenvalue weighted by molar-refractivity contribution is 0.426. The van der Waals surface area contributed by atoms with Crippen molar-refractivity contribution in [3.05, 3.63) is 24.0 Å². The molecule has 1 rings (SSSR count). The molecule has 0 aromatic carbocycles. The van der Waals surface area contributed by atoms with Crippen molar-refractivity contribution in [1.29, 1.82) is 5.26 Å². The molecule has 0 spiro atoms. The first kappa shape index (κ1) is 13.6. The Morgan fingerprint density at radius 3 is 2.71 bits per heavy atom. The summed E-state index contributed by atoms with van der Waals surface area (Å²) in [6.07, 6.45) is 2.14. The average Bonchev–Trinajstić information content (AvgIpc) is 2.35. The summed E-state index contributed by atoms with van der Waals surface area (Å²) in [4.78, 5) is 3.76. The zero-order chi connectivity index (χ0) is 12.9. The van der Waals surface area contributed by atoms with Crippen LogP contribution < -0.4 is 0 Å². The van der Waals surface area contributed by atoms with Gasteiger partial charge in [0.1, 0.15) is 11.0 Å². The van der Waals surface area contributed by atoms with E-state index in [9.17, 15) is 8.42 Å². The van der Waals surface area contributed by atoms with Crippen LogP contribution in [0, 0.1) is 11.3 Å². The minimum absolute atomic E-state index is 0.0159. The summed E-state index contributed by atoms with van der Waals surface area (Å²) >= 11 is 0. The Kier molecular flexibility index (Phi) is 4.61. The van der Waals surface area contributed by atoms with Crippen molar-refractivity contribution in [2.24, 2.45) is 0 Å². The first-order valence-electron chi connectivity index (χ1n) is 5.43. The predicted molar refractivity (Wildman–Crippen MR) is 63.7 cm³/mol. The monoisotopic (exact) mass is 253 g/mol. The molecule has 0 atom stereocenters. The average molecular weight is 253 g/mol. The van der Waals surface area contributed by atoms with Crippen LogP contribution in [-0.4, -0.2) is 30.8 Å². The fourth-order valence-electron chi connectivity index (χ4n) is 1.52. The van der Waals surface area contributed by atoms with Crippen molar-refractivity contribution in [2.45, 2.75) is 25.2 Å². The van der Waals surface area contributed by atoms with E-state index in [1.54, 1.807) is 13.0 Å². The highest BCUT2D eigenvalue weighted by atomic mass is 32.2. The Morgan fingerprint density at radius 2 is 2.18 bits per heavy atom. The third kappa shape index (κ3) is 2.81. The van der Waals surface area contributed by atoms with Crippen LogP contribution in [0.25, 0.3) is 0 Å². The van der Waals surface area contributed by atoms with E-state index in [4.69, 9.17) is 5.26 Å². The lowest BCUT2D eigenvalue weighted by Crippen LogP contribution is -2.32. The number of aromatic nitrogens is 1. The van der Waals surface area contributed by atoms with E-state index in [1.165, 1.54) is 22.6 Å². The van der Waals surface area contributed by atoms with Crippen LogP contribution in [0.2, 0.25) is 0 Å². The standard InChI is InChI=1S/C11H15N3O2S/c1-3-8-14(4-2)17(15,16)11-6-5-7-13-10(11)9-12/h5-7H,3-4,8H2,1-2H3. The Morgan fingerprint density at radius 1 is 1.47 bits per heavy atom. The fourth-order valence-corrected chi connectivity index (χ4v) is 3.15. The summed E-state index contributed by atoms with van der Waals surface area (Å²) in [6, 6.07) is 4.74. The Labute approximate surface area is 102 Å². The molecule has 1 aromatic rings. The van der Waals surface area contributed by atoms with E-state index in [-0.39, 0.29) is 10.6 Å². The number of nitriles is 1. The summed E-state index contributed by atoms with van der Waals surface area (Å²) in [7, 11) is -3.61. The quantitative estimate of drug-likeness (QED) is 0.794. The van der Waals surface area contributed by atoms with Gasteiger partial charge in [0, 0.05) is 19.3 Å². The van der Waals surface area contributed by atoms with Gasteiger partial charge in [0.25, 0.3) is 0 Å². The van der Waals surface area contributed by atoms with Gasteiger partial charge in [-0.25, -0.2) is 13.4 Å². The van der Waals surface area contributed by atoms with Crippen molar-refractivity contribution < 1.29 is 8.42 Å². The lowest BCUT2D eigenvalue weighted by atomic mass is 10.4. The molecule has 5 nitrogen and oxygen atoms in total. The molecule has 0 bridgehead atoms. The maximum Gasteiger partial charge on any atom is 0.245 e. The second-order valence-corrected chi connectivity index (χ2v) is 5.37. The minimum Gasteiger partial charge on any atom is -0.244 e. The topological polar surface area (TPSA) is 74.1 Å². The zero-order valence-corrected chi connectivity index (χ0v) is 10.7. The molecular formula is C11H15N3O2S. The molecule has 0 aliphatic heterocycles. The molecule has 1 heterocycles. The van der Waals surface area contributed by atoms with Crippen LogP contribution in [0.5, 0.6) is 0 Å². The first-order chi connectivity index (χ1) is 8.07. The second kappa shape index (κ2) is 5.75. The predicted octanol–water partition coefficient (Wildman–Crippen LogP) is 1.37. The lowest BCUT2D eigenvalue weighted by Gasteiger charge is -2.19. The van der Waals surface area contributed by atoms with Crippen LogP contribution in [0.15, 0.2) is 23.2 Å². The van der Waals surface area contributed by atoms with E-state index >= 15 is 0 Å². The molecule has 0 aliphatic rings. The van der Waals surface area contributed by atoms with Gasteiger partial charge in [0.2, 0.25) is 10.0 Å². The third-order valence-electron chi connectivity index (χ3n) is 2.32. The van der Waals surface area contributed by atoms with Crippen molar-refractivity contribution in [1.82, 2.24) is 9.29 Å². The van der Waals surface area contributed by atoms with E-state index in [0.29, 0.717) is 13.1 Å². The molecular weight excluding hydrogens is 238 g/mol. The van der Waals surface area contributed by atoms with Crippen molar-refractivity contribution >= 4 is 10.0 Å². The van der Waals surface area contributed by atoms with Gasteiger partial charge in [-0.1, -0.05) is 13.8 Å². The molecule has 92 valence electrons. The van der Waals surface area contributed by atoms with Crippen molar-refractivity contribution in [3.8, 4) is 6.07 Å². The van der Waals surface area contributed by atoms with Crippen LogP contribution in [-0.2, 0) is 10.0 Å². The number of rotatable bonds is 5. The largest absolute Gasteiger partial charge is 0.245 e. The molecule has 1 aromatic heterocycles. The molecule has 0 amide bonds. The molecule has 17 heavy (non-hydrogen) atoms. The normalized spacial score (nSPS) is 11.4. The van der Waals surface area contributed by atoms with Crippen LogP contribution in [0.1, 0.15) is 26.0 Å². The number of hydrogen-bond donors (Lipinski definition) is 0. The van der Waals surface area contributed by atoms with E-state index in [2.05, 4.69) is 4.98 Å². The molecule has 0 saturated carbocycles. The number of pyridine rings is 1. The van der Waals surface area contributed by atoms with Gasteiger partial charge in [0.05, 0.1) is 0 Å². The Hall–Kier alpha value is -1.45. The Bertz CT molecular complexity index is 520. The van der Waals surface area contributed by atoms with Crippen LogP contribution >= 0.6 is 0 Å².